The maximum absolute atomic E-state index is 12.7. The van der Waals surface area contributed by atoms with Crippen LogP contribution in [-0.2, 0) is 0 Å². The second-order valence-electron chi connectivity index (χ2n) is 6.47. The summed E-state index contributed by atoms with van der Waals surface area (Å²) in [5, 5.41) is 0. The molecule has 1 aliphatic carbocycles. The fraction of sp³-hybridized carbons (Fsp3) is 0.444. The number of hydrogen-bond donors (Lipinski definition) is 0. The molecule has 4 rings (SSSR count). The van der Waals surface area contributed by atoms with E-state index < -0.39 is 0 Å². The Balaban J connectivity index is 1.39. The highest BCUT2D eigenvalue weighted by molar-refractivity contribution is 7.13. The zero-order chi connectivity index (χ0) is 16.7. The van der Waals surface area contributed by atoms with Gasteiger partial charge in [0.1, 0.15) is 5.76 Å². The van der Waals surface area contributed by atoms with Crippen molar-refractivity contribution in [1.29, 1.82) is 0 Å². The highest BCUT2D eigenvalue weighted by atomic mass is 32.1. The molecule has 2 fully saturated rings. The Kier molecular flexibility index (Phi) is 3.92. The minimum atomic E-state index is 0.0321. The predicted molar refractivity (Wildman–Crippen MR) is 91.5 cm³/mol. The Bertz CT molecular complexity index is 767. The molecule has 0 atom stereocenters. The molecule has 24 heavy (non-hydrogen) atoms. The number of carbonyl (C=O) groups excluding carboxylic acids is 2. The lowest BCUT2D eigenvalue weighted by atomic mass is 10.1. The van der Waals surface area contributed by atoms with Gasteiger partial charge in [-0.05, 0) is 38.0 Å². The molecule has 0 N–H and O–H groups in total. The molecular weight excluding hydrogens is 324 g/mol. The third-order valence-electron chi connectivity index (χ3n) is 4.68. The molecule has 1 saturated heterocycles. The van der Waals surface area contributed by atoms with Crippen LogP contribution in [0, 0.1) is 6.92 Å². The first kappa shape index (κ1) is 15.4. The van der Waals surface area contributed by atoms with Crippen LogP contribution in [0.3, 0.4) is 0 Å². The Hall–Kier alpha value is -2.08. The first-order chi connectivity index (χ1) is 11.6. The average molecular weight is 344 g/mol. The zero-order valence-electron chi connectivity index (χ0n) is 13.7. The largest absolute Gasteiger partial charge is 0.468 e. The van der Waals surface area contributed by atoms with Crippen molar-refractivity contribution in [2.45, 2.75) is 25.7 Å². The van der Waals surface area contributed by atoms with Gasteiger partial charge in [0.05, 0.1) is 16.7 Å². The van der Waals surface area contributed by atoms with Crippen molar-refractivity contribution >= 4 is 23.2 Å². The van der Waals surface area contributed by atoms with Crippen LogP contribution in [0.4, 0.5) is 0 Å². The third-order valence-corrected chi connectivity index (χ3v) is 5.67. The molecule has 0 aromatic carbocycles. The van der Waals surface area contributed by atoms with Gasteiger partial charge >= 0.3 is 0 Å². The summed E-state index contributed by atoms with van der Waals surface area (Å²) in [6.45, 7) is 4.31. The van der Waals surface area contributed by atoms with E-state index in [1.807, 2.05) is 28.9 Å². The molecule has 2 aromatic heterocycles. The van der Waals surface area contributed by atoms with Gasteiger partial charge in [0.25, 0.3) is 11.8 Å². The first-order valence-electron chi connectivity index (χ1n) is 8.36. The molecule has 0 radical (unpaired) electrons. The van der Waals surface area contributed by atoms with E-state index in [1.165, 1.54) is 11.3 Å². The summed E-state index contributed by atoms with van der Waals surface area (Å²) in [6.07, 6.45) is 3.83. The van der Waals surface area contributed by atoms with Crippen molar-refractivity contribution < 1.29 is 14.0 Å². The number of hydrogen-bond acceptors (Lipinski definition) is 4. The van der Waals surface area contributed by atoms with Crippen molar-refractivity contribution in [3.8, 4) is 0 Å². The molecule has 5 nitrogen and oxygen atoms in total. The van der Waals surface area contributed by atoms with Gasteiger partial charge in [-0.2, -0.15) is 0 Å². The second kappa shape index (κ2) is 6.09. The first-order valence-corrected chi connectivity index (χ1v) is 9.17. The topological polar surface area (TPSA) is 53.8 Å². The fourth-order valence-electron chi connectivity index (χ4n) is 3.15. The van der Waals surface area contributed by atoms with E-state index in [4.69, 9.17) is 4.42 Å². The van der Waals surface area contributed by atoms with Crippen molar-refractivity contribution in [3.05, 3.63) is 45.5 Å². The molecular formula is C18H20N2O3S. The molecule has 2 amide bonds. The molecule has 1 saturated carbocycles. The van der Waals surface area contributed by atoms with E-state index in [1.54, 1.807) is 12.3 Å². The third kappa shape index (κ3) is 2.86. The van der Waals surface area contributed by atoms with E-state index in [2.05, 4.69) is 0 Å². The van der Waals surface area contributed by atoms with E-state index in [-0.39, 0.29) is 11.8 Å². The van der Waals surface area contributed by atoms with Crippen LogP contribution in [0.25, 0.3) is 0 Å². The highest BCUT2D eigenvalue weighted by Crippen LogP contribution is 2.42. The quantitative estimate of drug-likeness (QED) is 0.860. The molecule has 3 heterocycles. The Morgan fingerprint density at radius 1 is 1.04 bits per heavy atom. The van der Waals surface area contributed by atoms with Crippen LogP contribution in [0.5, 0.6) is 0 Å². The number of furan rings is 1. The van der Waals surface area contributed by atoms with Gasteiger partial charge in [-0.15, -0.1) is 11.3 Å². The van der Waals surface area contributed by atoms with Crippen LogP contribution < -0.4 is 0 Å². The summed E-state index contributed by atoms with van der Waals surface area (Å²) < 4.78 is 5.51. The number of nitrogens with zero attached hydrogens (tertiary/aromatic N) is 2. The summed E-state index contributed by atoms with van der Waals surface area (Å²) >= 11 is 1.52. The summed E-state index contributed by atoms with van der Waals surface area (Å²) in [4.78, 5) is 30.8. The number of amides is 2. The van der Waals surface area contributed by atoms with Gasteiger partial charge in [0.15, 0.2) is 0 Å². The lowest BCUT2D eigenvalue weighted by Gasteiger charge is -2.34. The monoisotopic (exact) mass is 344 g/mol. The standard InChI is InChI=1S/C18H20N2O3S/c1-12-2-5-15(24-12)18(22)20-9-7-19(8-10-20)17(21)14-6-11-23-16(14)13-3-4-13/h2,5-6,11,13H,3-4,7-10H2,1H3. The second-order valence-corrected chi connectivity index (χ2v) is 7.76. The minimum absolute atomic E-state index is 0.0321. The maximum atomic E-state index is 12.7. The SMILES string of the molecule is Cc1ccc(C(=O)N2CCN(C(=O)c3ccoc3C3CC3)CC2)s1. The van der Waals surface area contributed by atoms with Crippen molar-refractivity contribution in [1.82, 2.24) is 9.80 Å². The Morgan fingerprint density at radius 2 is 1.71 bits per heavy atom. The maximum Gasteiger partial charge on any atom is 0.264 e. The summed E-state index contributed by atoms with van der Waals surface area (Å²) in [6, 6.07) is 5.63. The smallest absolute Gasteiger partial charge is 0.264 e. The van der Waals surface area contributed by atoms with Gasteiger partial charge in [0, 0.05) is 37.0 Å². The van der Waals surface area contributed by atoms with Crippen LogP contribution in [0.15, 0.2) is 28.9 Å². The molecule has 0 spiro atoms. The van der Waals surface area contributed by atoms with Gasteiger partial charge in [-0.25, -0.2) is 0 Å². The molecule has 0 bridgehead atoms. The normalized spacial score (nSPS) is 18.0. The van der Waals surface area contributed by atoms with Crippen LogP contribution in [0.1, 0.15) is 49.4 Å². The van der Waals surface area contributed by atoms with Gasteiger partial charge in [0.2, 0.25) is 0 Å². The van der Waals surface area contributed by atoms with E-state index >= 15 is 0 Å². The van der Waals surface area contributed by atoms with Crippen molar-refractivity contribution in [3.63, 3.8) is 0 Å². The molecule has 1 aliphatic heterocycles. The number of aryl methyl sites for hydroxylation is 1. The molecule has 126 valence electrons. The summed E-state index contributed by atoms with van der Waals surface area (Å²) in [5.41, 5.74) is 0.700. The Labute approximate surface area is 144 Å². The van der Waals surface area contributed by atoms with E-state index in [0.29, 0.717) is 37.7 Å². The van der Waals surface area contributed by atoms with Gasteiger partial charge in [-0.1, -0.05) is 0 Å². The number of piperazine rings is 1. The predicted octanol–water partition coefficient (Wildman–Crippen LogP) is 3.13. The minimum Gasteiger partial charge on any atom is -0.468 e. The van der Waals surface area contributed by atoms with Gasteiger partial charge < -0.3 is 14.2 Å². The van der Waals surface area contributed by atoms with Crippen LogP contribution >= 0.6 is 11.3 Å². The summed E-state index contributed by atoms with van der Waals surface area (Å²) in [5.74, 6) is 1.36. The van der Waals surface area contributed by atoms with Crippen LogP contribution in [-0.4, -0.2) is 47.8 Å². The van der Waals surface area contributed by atoms with Crippen molar-refractivity contribution in [2.75, 3.05) is 26.2 Å². The number of carbonyl (C=O) groups is 2. The molecule has 2 aliphatic rings. The Morgan fingerprint density at radius 3 is 2.29 bits per heavy atom. The lowest BCUT2D eigenvalue weighted by Crippen LogP contribution is -2.50. The highest BCUT2D eigenvalue weighted by Gasteiger charge is 2.34. The number of thiophene rings is 1. The average Bonchev–Trinajstić information content (AvgIpc) is 3.16. The molecule has 2 aromatic rings. The lowest BCUT2D eigenvalue weighted by molar-refractivity contribution is 0.0536. The zero-order valence-corrected chi connectivity index (χ0v) is 14.5. The fourth-order valence-corrected chi connectivity index (χ4v) is 3.98. The molecule has 6 heteroatoms. The van der Waals surface area contributed by atoms with Crippen LogP contribution in [0.2, 0.25) is 0 Å². The van der Waals surface area contributed by atoms with E-state index in [0.717, 1.165) is 28.4 Å². The summed E-state index contributed by atoms with van der Waals surface area (Å²) in [7, 11) is 0. The molecule has 0 unspecified atom stereocenters. The number of rotatable bonds is 3. The van der Waals surface area contributed by atoms with E-state index in [9.17, 15) is 9.59 Å². The van der Waals surface area contributed by atoms with Gasteiger partial charge in [-0.3, -0.25) is 9.59 Å². The van der Waals surface area contributed by atoms with Crippen molar-refractivity contribution in [2.24, 2.45) is 0 Å².